The Morgan fingerprint density at radius 1 is 1.04 bits per heavy atom. The van der Waals surface area contributed by atoms with Gasteiger partial charge in [0.25, 0.3) is 0 Å². The van der Waals surface area contributed by atoms with Gasteiger partial charge >= 0.3 is 0 Å². The van der Waals surface area contributed by atoms with E-state index in [0.717, 1.165) is 54.3 Å². The van der Waals surface area contributed by atoms with Crippen LogP contribution in [0.1, 0.15) is 25.0 Å². The smallest absolute Gasteiger partial charge is 0.182 e. The fraction of sp³-hybridized carbons (Fsp3) is 0.286. The fourth-order valence-corrected chi connectivity index (χ4v) is 3.83. The molecule has 28 heavy (non-hydrogen) atoms. The summed E-state index contributed by atoms with van der Waals surface area (Å²) in [6, 6.07) is 11.9. The number of nitrogens with zero attached hydrogens (tertiary/aromatic N) is 7. The van der Waals surface area contributed by atoms with Gasteiger partial charge in [-0.15, -0.1) is 0 Å². The fourth-order valence-electron chi connectivity index (χ4n) is 3.83. The van der Waals surface area contributed by atoms with Crippen molar-refractivity contribution in [3.05, 3.63) is 60.7 Å². The first-order valence-corrected chi connectivity index (χ1v) is 9.64. The average molecular weight is 371 g/mol. The molecule has 0 N–H and O–H groups in total. The highest BCUT2D eigenvalue weighted by Crippen LogP contribution is 2.33. The summed E-state index contributed by atoms with van der Waals surface area (Å²) in [4.78, 5) is 21.0. The van der Waals surface area contributed by atoms with Gasteiger partial charge in [0.05, 0.1) is 11.6 Å². The minimum absolute atomic E-state index is 0.408. The van der Waals surface area contributed by atoms with Crippen LogP contribution in [-0.2, 0) is 6.54 Å². The van der Waals surface area contributed by atoms with Gasteiger partial charge in [-0.25, -0.2) is 14.6 Å². The van der Waals surface area contributed by atoms with E-state index in [9.17, 15) is 0 Å². The SMILES string of the molecule is CCn1ncc2c(N3CCC(c4ccccn4)C3)nc(-c3ccccn3)nc21. The van der Waals surface area contributed by atoms with Crippen molar-refractivity contribution in [2.24, 2.45) is 0 Å². The number of hydrogen-bond acceptors (Lipinski definition) is 6. The van der Waals surface area contributed by atoms with Crippen LogP contribution < -0.4 is 4.90 Å². The number of aryl methyl sites for hydroxylation is 1. The maximum Gasteiger partial charge on any atom is 0.182 e. The summed E-state index contributed by atoms with van der Waals surface area (Å²) >= 11 is 0. The van der Waals surface area contributed by atoms with Crippen LogP contribution >= 0.6 is 0 Å². The summed E-state index contributed by atoms with van der Waals surface area (Å²) in [7, 11) is 0. The number of fused-ring (bicyclic) bond motifs is 1. The van der Waals surface area contributed by atoms with Crippen LogP contribution in [0.2, 0.25) is 0 Å². The van der Waals surface area contributed by atoms with Gasteiger partial charge in [0.2, 0.25) is 0 Å². The van der Waals surface area contributed by atoms with Crippen LogP contribution in [-0.4, -0.2) is 42.8 Å². The molecule has 0 aromatic carbocycles. The van der Waals surface area contributed by atoms with Gasteiger partial charge in [-0.2, -0.15) is 5.10 Å². The Morgan fingerprint density at radius 2 is 1.89 bits per heavy atom. The van der Waals surface area contributed by atoms with Crippen molar-refractivity contribution in [1.82, 2.24) is 29.7 Å². The standard InChI is InChI=1S/C21H21N7/c1-2-28-21-16(13-24-28)20(25-19(26-21)18-8-4-6-11-23-18)27-12-9-15(14-27)17-7-3-5-10-22-17/h3-8,10-11,13,15H,2,9,12,14H2,1H3. The second-order valence-corrected chi connectivity index (χ2v) is 6.97. The van der Waals surface area contributed by atoms with Gasteiger partial charge in [-0.1, -0.05) is 12.1 Å². The lowest BCUT2D eigenvalue weighted by atomic mass is 10.0. The van der Waals surface area contributed by atoms with Crippen molar-refractivity contribution >= 4 is 16.9 Å². The van der Waals surface area contributed by atoms with Gasteiger partial charge in [-0.05, 0) is 37.6 Å². The van der Waals surface area contributed by atoms with Crippen LogP contribution in [0.25, 0.3) is 22.6 Å². The van der Waals surface area contributed by atoms with E-state index in [1.165, 1.54) is 0 Å². The molecule has 0 aliphatic carbocycles. The zero-order valence-corrected chi connectivity index (χ0v) is 15.7. The van der Waals surface area contributed by atoms with Gasteiger partial charge in [0.15, 0.2) is 11.5 Å². The molecule has 0 radical (unpaired) electrons. The second kappa shape index (κ2) is 6.99. The molecule has 1 aliphatic rings. The van der Waals surface area contributed by atoms with Gasteiger partial charge in [0.1, 0.15) is 11.5 Å². The van der Waals surface area contributed by atoms with E-state index < -0.39 is 0 Å². The lowest BCUT2D eigenvalue weighted by Crippen LogP contribution is -2.21. The lowest BCUT2D eigenvalue weighted by molar-refractivity contribution is 0.676. The zero-order chi connectivity index (χ0) is 18.9. The number of hydrogen-bond donors (Lipinski definition) is 0. The molecule has 4 aromatic heterocycles. The van der Waals surface area contributed by atoms with Crippen LogP contribution in [0.3, 0.4) is 0 Å². The summed E-state index contributed by atoms with van der Waals surface area (Å²) in [5.74, 6) is 1.98. The molecular weight excluding hydrogens is 350 g/mol. The number of aromatic nitrogens is 6. The van der Waals surface area contributed by atoms with Gasteiger partial charge < -0.3 is 4.90 Å². The molecule has 1 saturated heterocycles. The Labute approximate surface area is 163 Å². The summed E-state index contributed by atoms with van der Waals surface area (Å²) in [5.41, 5.74) is 2.77. The Hall–Kier alpha value is -3.35. The Kier molecular flexibility index (Phi) is 4.20. The molecule has 0 spiro atoms. The summed E-state index contributed by atoms with van der Waals surface area (Å²) < 4.78 is 1.92. The third-order valence-corrected chi connectivity index (χ3v) is 5.26. The molecule has 5 heterocycles. The maximum absolute atomic E-state index is 4.91. The molecule has 1 aliphatic heterocycles. The van der Waals surface area contributed by atoms with E-state index >= 15 is 0 Å². The Bertz CT molecular complexity index is 1090. The highest BCUT2D eigenvalue weighted by atomic mass is 15.3. The summed E-state index contributed by atoms with van der Waals surface area (Å²) in [5, 5.41) is 5.50. The Morgan fingerprint density at radius 3 is 2.64 bits per heavy atom. The molecule has 5 rings (SSSR count). The van der Waals surface area contributed by atoms with E-state index in [1.54, 1.807) is 6.20 Å². The quantitative estimate of drug-likeness (QED) is 0.548. The van der Waals surface area contributed by atoms with Crippen LogP contribution in [0.15, 0.2) is 55.0 Å². The maximum atomic E-state index is 4.91. The van der Waals surface area contributed by atoms with Crippen molar-refractivity contribution in [3.8, 4) is 11.5 Å². The molecule has 7 heteroatoms. The second-order valence-electron chi connectivity index (χ2n) is 6.97. The predicted molar refractivity (Wildman–Crippen MR) is 108 cm³/mol. The first kappa shape index (κ1) is 16.8. The van der Waals surface area contributed by atoms with Crippen molar-refractivity contribution in [1.29, 1.82) is 0 Å². The van der Waals surface area contributed by atoms with Gasteiger partial charge in [-0.3, -0.25) is 9.97 Å². The third kappa shape index (κ3) is 2.89. The van der Waals surface area contributed by atoms with Crippen LogP contribution in [0, 0.1) is 0 Å². The van der Waals surface area contributed by atoms with E-state index in [4.69, 9.17) is 9.97 Å². The predicted octanol–water partition coefficient (Wildman–Crippen LogP) is 3.30. The molecule has 0 bridgehead atoms. The van der Waals surface area contributed by atoms with Crippen molar-refractivity contribution in [3.63, 3.8) is 0 Å². The minimum atomic E-state index is 0.408. The average Bonchev–Trinajstić information content (AvgIpc) is 3.41. The molecule has 4 aromatic rings. The van der Waals surface area contributed by atoms with E-state index in [0.29, 0.717) is 11.7 Å². The number of pyridine rings is 2. The van der Waals surface area contributed by atoms with Crippen molar-refractivity contribution in [2.75, 3.05) is 18.0 Å². The molecular formula is C21H21N7. The molecule has 7 nitrogen and oxygen atoms in total. The molecule has 1 fully saturated rings. The molecule has 140 valence electrons. The number of anilines is 1. The monoisotopic (exact) mass is 371 g/mol. The molecule has 0 amide bonds. The summed E-state index contributed by atoms with van der Waals surface area (Å²) in [6.07, 6.45) is 6.58. The van der Waals surface area contributed by atoms with E-state index in [1.807, 2.05) is 41.3 Å². The zero-order valence-electron chi connectivity index (χ0n) is 15.7. The minimum Gasteiger partial charge on any atom is -0.355 e. The van der Waals surface area contributed by atoms with E-state index in [-0.39, 0.29) is 0 Å². The largest absolute Gasteiger partial charge is 0.355 e. The van der Waals surface area contributed by atoms with Crippen molar-refractivity contribution in [2.45, 2.75) is 25.8 Å². The molecule has 0 saturated carbocycles. The third-order valence-electron chi connectivity index (χ3n) is 5.26. The highest BCUT2D eigenvalue weighted by molar-refractivity contribution is 5.88. The first-order valence-electron chi connectivity index (χ1n) is 9.64. The highest BCUT2D eigenvalue weighted by Gasteiger charge is 2.28. The first-order chi connectivity index (χ1) is 13.8. The van der Waals surface area contributed by atoms with Crippen molar-refractivity contribution < 1.29 is 0 Å². The molecule has 1 atom stereocenters. The Balaban J connectivity index is 1.58. The van der Waals surface area contributed by atoms with E-state index in [2.05, 4.69) is 39.0 Å². The van der Waals surface area contributed by atoms with Crippen LogP contribution in [0.4, 0.5) is 5.82 Å². The van der Waals surface area contributed by atoms with Crippen LogP contribution in [0.5, 0.6) is 0 Å². The topological polar surface area (TPSA) is 72.6 Å². The summed E-state index contributed by atoms with van der Waals surface area (Å²) in [6.45, 7) is 4.66. The van der Waals surface area contributed by atoms with Gasteiger partial charge in [0, 0.05) is 43.6 Å². The lowest BCUT2D eigenvalue weighted by Gasteiger charge is -2.19. The number of rotatable bonds is 4. The molecule has 1 unspecified atom stereocenters. The normalized spacial score (nSPS) is 16.8.